The van der Waals surface area contributed by atoms with Gasteiger partial charge in [-0.15, -0.1) is 0 Å². The molecule has 2 aromatic rings. The molecule has 0 fully saturated rings. The highest BCUT2D eigenvalue weighted by atomic mass is 16.5. The van der Waals surface area contributed by atoms with Crippen molar-refractivity contribution in [2.24, 2.45) is 0 Å². The van der Waals surface area contributed by atoms with E-state index in [4.69, 9.17) is 9.47 Å². The molecule has 0 saturated carbocycles. The third-order valence-electron chi connectivity index (χ3n) is 5.68. The molecule has 0 aliphatic carbocycles. The van der Waals surface area contributed by atoms with Gasteiger partial charge in [0.15, 0.2) is 11.5 Å². The summed E-state index contributed by atoms with van der Waals surface area (Å²) in [4.78, 5) is 14.6. The Bertz CT molecular complexity index is 865. The topological polar surface area (TPSA) is 50.8 Å². The van der Waals surface area contributed by atoms with Crippen LogP contribution in [0.5, 0.6) is 11.5 Å². The maximum atomic E-state index is 12.1. The van der Waals surface area contributed by atoms with Gasteiger partial charge in [0.1, 0.15) is 0 Å². The van der Waals surface area contributed by atoms with Crippen molar-refractivity contribution in [1.82, 2.24) is 10.2 Å². The number of nitrogens with one attached hydrogen (secondary N) is 1. The maximum absolute atomic E-state index is 12.1. The van der Waals surface area contributed by atoms with Crippen molar-refractivity contribution in [3.8, 4) is 11.5 Å². The SMILES string of the molecule is CCC(=O)N[C@H](C)[C@@H]1c2cc(OC)c(OC)cc2CCN1Cc1cccc(C)c1. The summed E-state index contributed by atoms with van der Waals surface area (Å²) in [6, 6.07) is 12.8. The smallest absolute Gasteiger partial charge is 0.219 e. The molecule has 0 aromatic heterocycles. The number of carbonyl (C=O) groups is 1. The van der Waals surface area contributed by atoms with E-state index >= 15 is 0 Å². The Kier molecular flexibility index (Phi) is 6.80. The van der Waals surface area contributed by atoms with E-state index in [1.807, 2.05) is 6.92 Å². The maximum Gasteiger partial charge on any atom is 0.219 e. The number of amides is 1. The molecule has 156 valence electrons. The third-order valence-corrected chi connectivity index (χ3v) is 5.68. The molecule has 29 heavy (non-hydrogen) atoms. The van der Waals surface area contributed by atoms with E-state index < -0.39 is 0 Å². The molecule has 1 amide bonds. The Morgan fingerprint density at radius 1 is 1.21 bits per heavy atom. The quantitative estimate of drug-likeness (QED) is 0.768. The van der Waals surface area contributed by atoms with Gasteiger partial charge in [-0.3, -0.25) is 9.69 Å². The molecule has 3 rings (SSSR count). The number of fused-ring (bicyclic) bond motifs is 1. The first-order valence-electron chi connectivity index (χ1n) is 10.3. The van der Waals surface area contributed by atoms with Crippen molar-refractivity contribution in [2.45, 2.75) is 52.2 Å². The highest BCUT2D eigenvalue weighted by Gasteiger charge is 2.33. The molecule has 0 spiro atoms. The van der Waals surface area contributed by atoms with Crippen molar-refractivity contribution in [2.75, 3.05) is 20.8 Å². The van der Waals surface area contributed by atoms with Crippen LogP contribution in [-0.4, -0.2) is 37.6 Å². The van der Waals surface area contributed by atoms with Crippen LogP contribution in [0.1, 0.15) is 48.6 Å². The van der Waals surface area contributed by atoms with Gasteiger partial charge in [-0.1, -0.05) is 36.8 Å². The molecule has 1 aliphatic heterocycles. The van der Waals surface area contributed by atoms with Crippen LogP contribution in [0.4, 0.5) is 0 Å². The van der Waals surface area contributed by atoms with Gasteiger partial charge >= 0.3 is 0 Å². The highest BCUT2D eigenvalue weighted by molar-refractivity contribution is 5.76. The van der Waals surface area contributed by atoms with Gasteiger partial charge in [-0.2, -0.15) is 0 Å². The van der Waals surface area contributed by atoms with Crippen LogP contribution >= 0.6 is 0 Å². The molecule has 5 nitrogen and oxygen atoms in total. The summed E-state index contributed by atoms with van der Waals surface area (Å²) < 4.78 is 11.1. The van der Waals surface area contributed by atoms with Gasteiger partial charge in [-0.05, 0) is 49.1 Å². The molecule has 1 aliphatic rings. The Morgan fingerprint density at radius 2 is 1.93 bits per heavy atom. The predicted octanol–water partition coefficient (Wildman–Crippen LogP) is 4.03. The Hall–Kier alpha value is -2.53. The van der Waals surface area contributed by atoms with Crippen molar-refractivity contribution in [1.29, 1.82) is 0 Å². The summed E-state index contributed by atoms with van der Waals surface area (Å²) in [6.45, 7) is 7.86. The molecule has 0 saturated heterocycles. The van der Waals surface area contributed by atoms with E-state index in [0.717, 1.165) is 31.0 Å². The van der Waals surface area contributed by atoms with E-state index in [-0.39, 0.29) is 18.0 Å². The lowest BCUT2D eigenvalue weighted by Crippen LogP contribution is -2.47. The van der Waals surface area contributed by atoms with Crippen LogP contribution in [0.25, 0.3) is 0 Å². The van der Waals surface area contributed by atoms with Crippen LogP contribution in [0.15, 0.2) is 36.4 Å². The number of ether oxygens (including phenoxy) is 2. The fraction of sp³-hybridized carbons (Fsp3) is 0.458. The largest absolute Gasteiger partial charge is 0.493 e. The molecule has 0 radical (unpaired) electrons. The highest BCUT2D eigenvalue weighted by Crippen LogP contribution is 2.40. The molecule has 2 atom stereocenters. The first-order chi connectivity index (χ1) is 14.0. The third kappa shape index (κ3) is 4.73. The first-order valence-corrected chi connectivity index (χ1v) is 10.3. The number of hydrogen-bond donors (Lipinski definition) is 1. The molecular formula is C24H32N2O3. The Labute approximate surface area is 174 Å². The van der Waals surface area contributed by atoms with Crippen molar-refractivity contribution in [3.05, 3.63) is 58.7 Å². The minimum Gasteiger partial charge on any atom is -0.493 e. The van der Waals surface area contributed by atoms with Gasteiger partial charge in [-0.25, -0.2) is 0 Å². The zero-order chi connectivity index (χ0) is 21.0. The fourth-order valence-corrected chi connectivity index (χ4v) is 4.27. The summed E-state index contributed by atoms with van der Waals surface area (Å²) in [6.07, 6.45) is 1.42. The second kappa shape index (κ2) is 9.31. The van der Waals surface area contributed by atoms with E-state index in [1.54, 1.807) is 14.2 Å². The molecule has 5 heteroatoms. The first kappa shape index (κ1) is 21.2. The zero-order valence-electron chi connectivity index (χ0n) is 18.1. The Morgan fingerprint density at radius 3 is 2.59 bits per heavy atom. The van der Waals surface area contributed by atoms with E-state index in [0.29, 0.717) is 6.42 Å². The predicted molar refractivity (Wildman–Crippen MR) is 115 cm³/mol. The standard InChI is InChI=1S/C24H32N2O3/c1-6-23(27)25-17(3)24-20-14-22(29-5)21(28-4)13-19(20)10-11-26(24)15-18-9-7-8-16(2)12-18/h7-9,12-14,17,24H,6,10-11,15H2,1-5H3,(H,25,27)/t17-,24-/m1/s1. The van der Waals surface area contributed by atoms with Crippen LogP contribution in [-0.2, 0) is 17.8 Å². The van der Waals surface area contributed by atoms with Crippen LogP contribution in [0.3, 0.4) is 0 Å². The minimum absolute atomic E-state index is 0.0237. The van der Waals surface area contributed by atoms with Crippen LogP contribution in [0.2, 0.25) is 0 Å². The van der Waals surface area contributed by atoms with E-state index in [2.05, 4.69) is 60.5 Å². The number of hydrogen-bond acceptors (Lipinski definition) is 4. The summed E-state index contributed by atoms with van der Waals surface area (Å²) >= 11 is 0. The molecular weight excluding hydrogens is 364 g/mol. The normalized spacial score (nSPS) is 17.3. The number of aryl methyl sites for hydroxylation is 1. The summed E-state index contributed by atoms with van der Waals surface area (Å²) in [5.41, 5.74) is 5.00. The number of nitrogens with zero attached hydrogens (tertiary/aromatic N) is 1. The Balaban J connectivity index is 1.99. The lowest BCUT2D eigenvalue weighted by atomic mass is 9.87. The fourth-order valence-electron chi connectivity index (χ4n) is 4.27. The second-order valence-corrected chi connectivity index (χ2v) is 7.77. The van der Waals surface area contributed by atoms with Crippen molar-refractivity contribution < 1.29 is 14.3 Å². The molecule has 2 aromatic carbocycles. The average molecular weight is 397 g/mol. The molecule has 1 heterocycles. The number of rotatable bonds is 7. The second-order valence-electron chi connectivity index (χ2n) is 7.77. The minimum atomic E-state index is -0.0237. The lowest BCUT2D eigenvalue weighted by molar-refractivity contribution is -0.121. The van der Waals surface area contributed by atoms with Crippen molar-refractivity contribution >= 4 is 5.91 Å². The number of benzene rings is 2. The molecule has 1 N–H and O–H groups in total. The average Bonchev–Trinajstić information content (AvgIpc) is 2.72. The van der Waals surface area contributed by atoms with E-state index in [1.165, 1.54) is 22.3 Å². The van der Waals surface area contributed by atoms with Crippen LogP contribution < -0.4 is 14.8 Å². The summed E-state index contributed by atoms with van der Waals surface area (Å²) in [7, 11) is 3.33. The van der Waals surface area contributed by atoms with Crippen molar-refractivity contribution in [3.63, 3.8) is 0 Å². The van der Waals surface area contributed by atoms with Crippen LogP contribution in [0, 0.1) is 6.92 Å². The monoisotopic (exact) mass is 396 g/mol. The number of carbonyl (C=O) groups excluding carboxylic acids is 1. The van der Waals surface area contributed by atoms with E-state index in [9.17, 15) is 4.79 Å². The van der Waals surface area contributed by atoms with Gasteiger partial charge in [0.2, 0.25) is 5.91 Å². The summed E-state index contributed by atoms with van der Waals surface area (Å²) in [5.74, 6) is 1.55. The lowest BCUT2D eigenvalue weighted by Gasteiger charge is -2.41. The molecule has 0 bridgehead atoms. The molecule has 0 unspecified atom stereocenters. The zero-order valence-corrected chi connectivity index (χ0v) is 18.1. The number of methoxy groups -OCH3 is 2. The summed E-state index contributed by atoms with van der Waals surface area (Å²) in [5, 5.41) is 3.18. The van der Waals surface area contributed by atoms with Gasteiger partial charge < -0.3 is 14.8 Å². The van der Waals surface area contributed by atoms with Gasteiger partial charge in [0.25, 0.3) is 0 Å². The van der Waals surface area contributed by atoms with Gasteiger partial charge in [0, 0.05) is 25.6 Å². The van der Waals surface area contributed by atoms with Gasteiger partial charge in [0.05, 0.1) is 20.3 Å².